The summed E-state index contributed by atoms with van der Waals surface area (Å²) < 4.78 is 11.5. The summed E-state index contributed by atoms with van der Waals surface area (Å²) in [5.74, 6) is 0.258. The van der Waals surface area contributed by atoms with Crippen LogP contribution in [0.15, 0.2) is 64.3 Å². The van der Waals surface area contributed by atoms with E-state index in [1.54, 1.807) is 31.2 Å². The Hall–Kier alpha value is -4.54. The molecule has 0 atom stereocenters. The molecule has 3 N–H and O–H groups in total. The van der Waals surface area contributed by atoms with Crippen molar-refractivity contribution in [2.24, 2.45) is 5.10 Å². The summed E-state index contributed by atoms with van der Waals surface area (Å²) in [6, 6.07) is 16.6. The van der Waals surface area contributed by atoms with E-state index in [0.29, 0.717) is 29.3 Å². The number of carbonyl (C=O) groups excluding carboxylic acids is 1. The Labute approximate surface area is 182 Å². The Morgan fingerprint density at radius 1 is 1.16 bits per heavy atom. The summed E-state index contributed by atoms with van der Waals surface area (Å²) in [6.07, 6.45) is 0. The molecular weight excluding hydrogens is 412 g/mol. The van der Waals surface area contributed by atoms with Crippen molar-refractivity contribution >= 4 is 17.4 Å². The summed E-state index contributed by atoms with van der Waals surface area (Å²) in [6.45, 7) is 4.22. The van der Waals surface area contributed by atoms with Crippen LogP contribution in [0.2, 0.25) is 0 Å². The van der Waals surface area contributed by atoms with Gasteiger partial charge in [-0.15, -0.1) is 5.10 Å². The van der Waals surface area contributed by atoms with E-state index in [-0.39, 0.29) is 17.3 Å². The highest BCUT2D eigenvalue weighted by Gasteiger charge is 2.25. The second-order valence-electron chi connectivity index (χ2n) is 6.63. The second-order valence-corrected chi connectivity index (χ2v) is 6.63. The van der Waals surface area contributed by atoms with Gasteiger partial charge >= 0.3 is 0 Å². The highest BCUT2D eigenvalue weighted by Crippen LogP contribution is 2.28. The third kappa shape index (κ3) is 4.17. The van der Waals surface area contributed by atoms with Gasteiger partial charge in [-0.25, -0.2) is 10.1 Å². The third-order valence-electron chi connectivity index (χ3n) is 4.54. The molecule has 0 aliphatic heterocycles. The van der Waals surface area contributed by atoms with Gasteiger partial charge in [-0.3, -0.25) is 4.79 Å². The van der Waals surface area contributed by atoms with Crippen molar-refractivity contribution in [2.45, 2.75) is 13.8 Å². The molecule has 0 aliphatic carbocycles. The average Bonchev–Trinajstić information content (AvgIpc) is 3.44. The maximum atomic E-state index is 13.0. The molecule has 2 aromatic heterocycles. The van der Waals surface area contributed by atoms with Crippen LogP contribution in [0.3, 0.4) is 0 Å². The number of ether oxygens (including phenoxy) is 1. The molecule has 0 bridgehead atoms. The third-order valence-corrected chi connectivity index (χ3v) is 4.54. The number of hydrogen-bond acceptors (Lipinski definition) is 9. The first kappa shape index (κ1) is 20.7. The molecule has 0 saturated carbocycles. The topological polar surface area (TPSA) is 146 Å². The van der Waals surface area contributed by atoms with Crippen molar-refractivity contribution in [3.63, 3.8) is 0 Å². The first-order chi connectivity index (χ1) is 15.6. The van der Waals surface area contributed by atoms with Gasteiger partial charge in [-0.2, -0.15) is 9.78 Å². The van der Waals surface area contributed by atoms with Gasteiger partial charge in [0.15, 0.2) is 5.69 Å². The van der Waals surface area contributed by atoms with Crippen LogP contribution in [0.4, 0.5) is 5.82 Å². The summed E-state index contributed by atoms with van der Waals surface area (Å²) in [5, 5.41) is 19.6. The maximum absolute atomic E-state index is 13.0. The van der Waals surface area contributed by atoms with Crippen molar-refractivity contribution in [1.29, 1.82) is 0 Å². The van der Waals surface area contributed by atoms with Gasteiger partial charge in [0.1, 0.15) is 11.4 Å². The number of nitrogen functional groups attached to an aromatic ring is 1. The molecule has 4 aromatic rings. The number of carbonyl (C=O) groups is 1. The number of benzene rings is 2. The zero-order valence-corrected chi connectivity index (χ0v) is 17.4. The van der Waals surface area contributed by atoms with E-state index in [1.165, 1.54) is 4.68 Å². The Morgan fingerprint density at radius 2 is 1.91 bits per heavy atom. The number of nitrogens with one attached hydrogen (secondary N) is 1. The molecule has 11 nitrogen and oxygen atoms in total. The van der Waals surface area contributed by atoms with Crippen molar-refractivity contribution in [3.05, 3.63) is 65.9 Å². The molecule has 1 amide bonds. The van der Waals surface area contributed by atoms with Gasteiger partial charge in [-0.05, 0) is 54.0 Å². The molecule has 0 spiro atoms. The summed E-state index contributed by atoms with van der Waals surface area (Å²) in [4.78, 5) is 13.0. The number of anilines is 1. The van der Waals surface area contributed by atoms with Crippen LogP contribution >= 0.6 is 0 Å². The molecule has 2 heterocycles. The fourth-order valence-electron chi connectivity index (χ4n) is 2.99. The van der Waals surface area contributed by atoms with E-state index in [2.05, 4.69) is 35.8 Å². The molecular formula is C21H20N8O3. The highest BCUT2D eigenvalue weighted by atomic mass is 16.6. The van der Waals surface area contributed by atoms with Gasteiger partial charge < -0.3 is 10.5 Å². The predicted octanol–water partition coefficient (Wildman–Crippen LogP) is 2.45. The average molecular weight is 432 g/mol. The Bertz CT molecular complexity index is 1250. The molecule has 0 saturated heterocycles. The lowest BCUT2D eigenvalue weighted by Crippen LogP contribution is -2.21. The number of nitrogens with two attached hydrogens (primary N) is 1. The molecule has 0 radical (unpaired) electrons. The van der Waals surface area contributed by atoms with Crippen molar-refractivity contribution in [1.82, 2.24) is 30.7 Å². The molecule has 0 aliphatic rings. The maximum Gasteiger partial charge on any atom is 0.294 e. The molecule has 11 heteroatoms. The summed E-state index contributed by atoms with van der Waals surface area (Å²) >= 11 is 0. The lowest BCUT2D eigenvalue weighted by Gasteiger charge is -2.08. The standard InChI is InChI=1S/C21H20N8O3/c1-3-31-16-11-9-15(10-12-16)18-17(24-28-29(18)20-19(22)26-32-27-20)21(30)25-23-13(2)14-7-5-4-6-8-14/h4-12H,3H2,1-2H3,(H2,22,26)(H,25,30). The van der Waals surface area contributed by atoms with E-state index in [0.717, 1.165) is 5.56 Å². The zero-order chi connectivity index (χ0) is 22.5. The summed E-state index contributed by atoms with van der Waals surface area (Å²) in [5.41, 5.74) is 10.9. The van der Waals surface area contributed by atoms with E-state index in [9.17, 15) is 4.79 Å². The lowest BCUT2D eigenvalue weighted by molar-refractivity contribution is 0.0950. The van der Waals surface area contributed by atoms with Crippen LogP contribution in [-0.2, 0) is 0 Å². The summed E-state index contributed by atoms with van der Waals surface area (Å²) in [7, 11) is 0. The van der Waals surface area contributed by atoms with Gasteiger partial charge in [0, 0.05) is 5.56 Å². The minimum absolute atomic E-state index is 0.00647. The van der Waals surface area contributed by atoms with Crippen LogP contribution in [0.5, 0.6) is 5.75 Å². The van der Waals surface area contributed by atoms with E-state index >= 15 is 0 Å². The van der Waals surface area contributed by atoms with Crippen molar-refractivity contribution < 1.29 is 14.2 Å². The van der Waals surface area contributed by atoms with Crippen LogP contribution in [0, 0.1) is 0 Å². The van der Waals surface area contributed by atoms with Gasteiger partial charge in [0.2, 0.25) is 11.6 Å². The number of nitrogens with zero attached hydrogens (tertiary/aromatic N) is 6. The minimum Gasteiger partial charge on any atom is -0.494 e. The Morgan fingerprint density at radius 3 is 2.56 bits per heavy atom. The Balaban J connectivity index is 1.71. The lowest BCUT2D eigenvalue weighted by atomic mass is 10.1. The molecule has 0 unspecified atom stereocenters. The van der Waals surface area contributed by atoms with Gasteiger partial charge in [0.05, 0.1) is 12.3 Å². The second kappa shape index (κ2) is 9.08. The minimum atomic E-state index is -0.551. The monoisotopic (exact) mass is 432 g/mol. The number of rotatable bonds is 7. The van der Waals surface area contributed by atoms with Crippen LogP contribution in [0.1, 0.15) is 29.9 Å². The van der Waals surface area contributed by atoms with Crippen molar-refractivity contribution in [3.8, 4) is 22.8 Å². The number of amides is 1. The van der Waals surface area contributed by atoms with E-state index < -0.39 is 5.91 Å². The molecule has 4 rings (SSSR count). The van der Waals surface area contributed by atoms with Crippen LogP contribution in [0.25, 0.3) is 17.1 Å². The van der Waals surface area contributed by atoms with Crippen molar-refractivity contribution in [2.75, 3.05) is 12.3 Å². The quantitative estimate of drug-likeness (QED) is 0.334. The van der Waals surface area contributed by atoms with Gasteiger partial charge in [0.25, 0.3) is 5.91 Å². The van der Waals surface area contributed by atoms with E-state index in [1.807, 2.05) is 37.3 Å². The SMILES string of the molecule is CCOc1ccc(-c2c(C(=O)NN=C(C)c3ccccc3)nnn2-c2nonc2N)cc1. The molecule has 162 valence electrons. The highest BCUT2D eigenvalue weighted by molar-refractivity contribution is 6.02. The normalized spacial score (nSPS) is 11.4. The fourth-order valence-corrected chi connectivity index (χ4v) is 2.99. The van der Waals surface area contributed by atoms with E-state index in [4.69, 9.17) is 10.5 Å². The van der Waals surface area contributed by atoms with Crippen LogP contribution in [-0.4, -0.2) is 43.5 Å². The zero-order valence-electron chi connectivity index (χ0n) is 17.4. The smallest absolute Gasteiger partial charge is 0.294 e. The first-order valence-electron chi connectivity index (χ1n) is 9.76. The Kier molecular flexibility index (Phi) is 5.88. The molecule has 0 fully saturated rings. The number of hydrazone groups is 1. The molecule has 32 heavy (non-hydrogen) atoms. The fraction of sp³-hybridized carbons (Fsp3) is 0.143. The van der Waals surface area contributed by atoms with Crippen LogP contribution < -0.4 is 15.9 Å². The number of hydrogen-bond donors (Lipinski definition) is 2. The number of aromatic nitrogens is 5. The first-order valence-corrected chi connectivity index (χ1v) is 9.76. The largest absolute Gasteiger partial charge is 0.494 e. The molecule has 2 aromatic carbocycles. The van der Waals surface area contributed by atoms with Gasteiger partial charge in [-0.1, -0.05) is 35.5 Å². The predicted molar refractivity (Wildman–Crippen MR) is 116 cm³/mol.